The van der Waals surface area contributed by atoms with Crippen molar-refractivity contribution in [2.75, 3.05) is 39.3 Å². The van der Waals surface area contributed by atoms with E-state index in [4.69, 9.17) is 4.74 Å². The summed E-state index contributed by atoms with van der Waals surface area (Å²) in [7, 11) is 0. The second-order valence-corrected chi connectivity index (χ2v) is 7.49. The molecule has 1 aromatic rings. The molecule has 2 heterocycles. The molecule has 1 atom stereocenters. The van der Waals surface area contributed by atoms with Crippen molar-refractivity contribution >= 4 is 17.7 Å². The van der Waals surface area contributed by atoms with Gasteiger partial charge < -0.3 is 19.4 Å². The monoisotopic (exact) mass is 373 g/mol. The van der Waals surface area contributed by atoms with Crippen molar-refractivity contribution in [1.82, 2.24) is 14.7 Å². The van der Waals surface area contributed by atoms with E-state index >= 15 is 0 Å². The van der Waals surface area contributed by atoms with Crippen LogP contribution in [0.4, 0.5) is 0 Å². The third kappa shape index (κ3) is 4.59. The lowest BCUT2D eigenvalue weighted by atomic mass is 10.1. The standard InChI is InChI=1S/C20H27N3O4/c1-15(2)12-22-13-18(24)23-11-10-21(9-8-17(23)20(22)26)19(25)14-27-16-6-4-3-5-7-16/h3-7,15,17H,8-14H2,1-2H3. The molecule has 0 aliphatic carbocycles. The topological polar surface area (TPSA) is 70.2 Å². The van der Waals surface area contributed by atoms with Gasteiger partial charge in [0.2, 0.25) is 11.8 Å². The number of para-hydroxylation sites is 1. The lowest BCUT2D eigenvalue weighted by molar-refractivity contribution is -0.156. The predicted molar refractivity (Wildman–Crippen MR) is 100 cm³/mol. The van der Waals surface area contributed by atoms with Crippen LogP contribution in [0, 0.1) is 5.92 Å². The number of piperazine rings is 1. The molecule has 0 spiro atoms. The lowest BCUT2D eigenvalue weighted by Gasteiger charge is -2.39. The van der Waals surface area contributed by atoms with Gasteiger partial charge in [-0.15, -0.1) is 0 Å². The highest BCUT2D eigenvalue weighted by atomic mass is 16.5. The van der Waals surface area contributed by atoms with Gasteiger partial charge in [-0.1, -0.05) is 32.0 Å². The molecule has 0 radical (unpaired) electrons. The van der Waals surface area contributed by atoms with Crippen molar-refractivity contribution in [1.29, 1.82) is 0 Å². The maximum atomic E-state index is 12.8. The summed E-state index contributed by atoms with van der Waals surface area (Å²) in [5.74, 6) is 0.797. The first-order valence-corrected chi connectivity index (χ1v) is 9.49. The molecule has 3 rings (SSSR count). The summed E-state index contributed by atoms with van der Waals surface area (Å²) in [5.41, 5.74) is 0. The van der Waals surface area contributed by atoms with Crippen LogP contribution < -0.4 is 4.74 Å². The second-order valence-electron chi connectivity index (χ2n) is 7.49. The van der Waals surface area contributed by atoms with Crippen molar-refractivity contribution in [2.24, 2.45) is 5.92 Å². The van der Waals surface area contributed by atoms with E-state index in [1.54, 1.807) is 26.8 Å². The van der Waals surface area contributed by atoms with Crippen LogP contribution in [0.15, 0.2) is 30.3 Å². The van der Waals surface area contributed by atoms with Gasteiger partial charge >= 0.3 is 0 Å². The Balaban J connectivity index is 1.60. The maximum Gasteiger partial charge on any atom is 0.260 e. The Morgan fingerprint density at radius 2 is 1.89 bits per heavy atom. The first kappa shape index (κ1) is 19.2. The summed E-state index contributed by atoms with van der Waals surface area (Å²) < 4.78 is 5.54. The van der Waals surface area contributed by atoms with Gasteiger partial charge in [0.05, 0.1) is 6.54 Å². The average molecular weight is 373 g/mol. The number of benzene rings is 1. The number of fused-ring (bicyclic) bond motifs is 1. The molecule has 27 heavy (non-hydrogen) atoms. The zero-order chi connectivity index (χ0) is 19.4. The second kappa shape index (κ2) is 8.41. The molecular formula is C20H27N3O4. The largest absolute Gasteiger partial charge is 0.484 e. The summed E-state index contributed by atoms with van der Waals surface area (Å²) >= 11 is 0. The highest BCUT2D eigenvalue weighted by Gasteiger charge is 2.41. The zero-order valence-corrected chi connectivity index (χ0v) is 16.0. The van der Waals surface area contributed by atoms with Crippen LogP contribution in [0.5, 0.6) is 5.75 Å². The number of hydrogen-bond acceptors (Lipinski definition) is 4. The summed E-state index contributed by atoms with van der Waals surface area (Å²) in [6.07, 6.45) is 0.468. The van der Waals surface area contributed by atoms with E-state index in [2.05, 4.69) is 0 Å². The van der Waals surface area contributed by atoms with Gasteiger partial charge in [-0.05, 0) is 24.5 Å². The van der Waals surface area contributed by atoms with Gasteiger partial charge in [-0.25, -0.2) is 0 Å². The molecular weight excluding hydrogens is 346 g/mol. The smallest absolute Gasteiger partial charge is 0.260 e. The normalized spacial score (nSPS) is 20.6. The number of nitrogens with zero attached hydrogens (tertiary/aromatic N) is 3. The van der Waals surface area contributed by atoms with E-state index in [9.17, 15) is 14.4 Å². The van der Waals surface area contributed by atoms with Crippen molar-refractivity contribution in [3.63, 3.8) is 0 Å². The van der Waals surface area contributed by atoms with Crippen molar-refractivity contribution in [3.05, 3.63) is 30.3 Å². The van der Waals surface area contributed by atoms with E-state index in [0.717, 1.165) is 0 Å². The van der Waals surface area contributed by atoms with E-state index in [1.165, 1.54) is 0 Å². The molecule has 1 unspecified atom stereocenters. The third-order valence-corrected chi connectivity index (χ3v) is 4.95. The number of amides is 3. The Kier molecular flexibility index (Phi) is 5.98. The van der Waals surface area contributed by atoms with Crippen LogP contribution in [0.2, 0.25) is 0 Å². The Bertz CT molecular complexity index is 692. The fraction of sp³-hybridized carbons (Fsp3) is 0.550. The third-order valence-electron chi connectivity index (χ3n) is 4.95. The summed E-state index contributed by atoms with van der Waals surface area (Å²) in [5, 5.41) is 0. The van der Waals surface area contributed by atoms with Crippen LogP contribution in [0.25, 0.3) is 0 Å². The van der Waals surface area contributed by atoms with Gasteiger partial charge in [-0.2, -0.15) is 0 Å². The van der Waals surface area contributed by atoms with E-state index in [1.807, 2.05) is 32.0 Å². The molecule has 146 valence electrons. The molecule has 3 amide bonds. The molecule has 0 bridgehead atoms. The molecule has 1 aromatic carbocycles. The molecule has 7 heteroatoms. The first-order valence-electron chi connectivity index (χ1n) is 9.49. The van der Waals surface area contributed by atoms with Gasteiger partial charge in [0, 0.05) is 26.2 Å². The minimum atomic E-state index is -0.460. The molecule has 0 saturated carbocycles. The van der Waals surface area contributed by atoms with Gasteiger partial charge in [0.1, 0.15) is 11.8 Å². The summed E-state index contributed by atoms with van der Waals surface area (Å²) in [4.78, 5) is 42.8. The lowest BCUT2D eigenvalue weighted by Crippen LogP contribution is -2.60. The van der Waals surface area contributed by atoms with Crippen LogP contribution in [-0.4, -0.2) is 77.8 Å². The van der Waals surface area contributed by atoms with Crippen molar-refractivity contribution in [3.8, 4) is 5.75 Å². The van der Waals surface area contributed by atoms with Gasteiger partial charge in [0.15, 0.2) is 6.61 Å². The van der Waals surface area contributed by atoms with Crippen LogP contribution in [-0.2, 0) is 14.4 Å². The molecule has 2 aliphatic heterocycles. The number of ether oxygens (including phenoxy) is 1. The predicted octanol–water partition coefficient (Wildman–Crippen LogP) is 0.993. The molecule has 7 nitrogen and oxygen atoms in total. The van der Waals surface area contributed by atoms with Crippen molar-refractivity contribution < 1.29 is 19.1 Å². The number of rotatable bonds is 5. The Hall–Kier alpha value is -2.57. The van der Waals surface area contributed by atoms with E-state index < -0.39 is 6.04 Å². The quantitative estimate of drug-likeness (QED) is 0.772. The summed E-state index contributed by atoms with van der Waals surface area (Å²) in [6, 6.07) is 8.73. The van der Waals surface area contributed by atoms with Crippen LogP contribution in [0.3, 0.4) is 0 Å². The maximum absolute atomic E-state index is 12.8. The highest BCUT2D eigenvalue weighted by Crippen LogP contribution is 2.20. The SMILES string of the molecule is CC(C)CN1CC(=O)N2CCN(C(=O)COc3ccccc3)CCC2C1=O. The molecule has 2 fully saturated rings. The molecule has 2 saturated heterocycles. The fourth-order valence-electron chi connectivity index (χ4n) is 3.63. The van der Waals surface area contributed by atoms with Crippen LogP contribution in [0.1, 0.15) is 20.3 Å². The number of carbonyl (C=O) groups is 3. The minimum absolute atomic E-state index is 0.00173. The summed E-state index contributed by atoms with van der Waals surface area (Å²) in [6.45, 7) is 6.01. The zero-order valence-electron chi connectivity index (χ0n) is 16.0. The van der Waals surface area contributed by atoms with Crippen LogP contribution >= 0.6 is 0 Å². The number of hydrogen-bond donors (Lipinski definition) is 0. The molecule has 2 aliphatic rings. The van der Waals surface area contributed by atoms with E-state index in [-0.39, 0.29) is 30.9 Å². The van der Waals surface area contributed by atoms with E-state index in [0.29, 0.717) is 44.3 Å². The Morgan fingerprint density at radius 3 is 2.59 bits per heavy atom. The Morgan fingerprint density at radius 1 is 1.15 bits per heavy atom. The molecule has 0 N–H and O–H groups in total. The van der Waals surface area contributed by atoms with Gasteiger partial charge in [0.25, 0.3) is 5.91 Å². The molecule has 0 aromatic heterocycles. The average Bonchev–Trinajstić information content (AvgIpc) is 2.88. The Labute approximate surface area is 159 Å². The van der Waals surface area contributed by atoms with Crippen molar-refractivity contribution in [2.45, 2.75) is 26.3 Å². The van der Waals surface area contributed by atoms with Gasteiger partial charge in [-0.3, -0.25) is 14.4 Å². The highest BCUT2D eigenvalue weighted by molar-refractivity contribution is 5.95. The first-order chi connectivity index (χ1) is 13.0. The fourth-order valence-corrected chi connectivity index (χ4v) is 3.63. The minimum Gasteiger partial charge on any atom is -0.484 e. The number of carbonyl (C=O) groups excluding carboxylic acids is 3.